The summed E-state index contributed by atoms with van der Waals surface area (Å²) in [5.41, 5.74) is 3.50. The second-order valence-electron chi connectivity index (χ2n) is 4.70. The first-order valence-corrected chi connectivity index (χ1v) is 6.73. The summed E-state index contributed by atoms with van der Waals surface area (Å²) in [5, 5.41) is 11.6. The van der Waals surface area contributed by atoms with E-state index in [4.69, 9.17) is 5.11 Å². The molecule has 0 aliphatic heterocycles. The van der Waals surface area contributed by atoms with Crippen LogP contribution < -0.4 is 5.32 Å². The minimum Gasteiger partial charge on any atom is -0.384 e. The molecule has 2 N–H and O–H groups in total. The van der Waals surface area contributed by atoms with Crippen molar-refractivity contribution in [2.24, 2.45) is 0 Å². The molecule has 0 saturated heterocycles. The number of hydrogen-bond acceptors (Lipinski definition) is 2. The van der Waals surface area contributed by atoms with Gasteiger partial charge in [0.05, 0.1) is 6.42 Å². The summed E-state index contributed by atoms with van der Waals surface area (Å²) in [7, 11) is 0. The van der Waals surface area contributed by atoms with Crippen molar-refractivity contribution in [3.63, 3.8) is 0 Å². The number of amides is 1. The Bertz CT molecular complexity index is 681. The van der Waals surface area contributed by atoms with Gasteiger partial charge in [-0.1, -0.05) is 48.2 Å². The third-order valence-electron chi connectivity index (χ3n) is 3.03. The predicted octanol–water partition coefficient (Wildman–Crippen LogP) is 2.52. The first-order valence-electron chi connectivity index (χ1n) is 6.73. The van der Waals surface area contributed by atoms with Crippen LogP contribution in [0.4, 0.5) is 5.69 Å². The molecular formula is C18H17NO2. The Morgan fingerprint density at radius 1 is 1.19 bits per heavy atom. The average Bonchev–Trinajstić information content (AvgIpc) is 2.48. The number of hydrogen-bond donors (Lipinski definition) is 2. The molecule has 2 rings (SSSR count). The summed E-state index contributed by atoms with van der Waals surface area (Å²) in [6, 6.07) is 15.2. The Morgan fingerprint density at radius 3 is 2.67 bits per heavy atom. The molecule has 0 bridgehead atoms. The molecule has 0 aliphatic carbocycles. The number of carbonyl (C=O) groups excluding carboxylic acids is 1. The molecule has 2 aromatic rings. The van der Waals surface area contributed by atoms with Crippen molar-refractivity contribution in [3.05, 3.63) is 65.2 Å². The third kappa shape index (κ3) is 4.48. The van der Waals surface area contributed by atoms with Crippen LogP contribution in [-0.4, -0.2) is 17.6 Å². The Hall–Kier alpha value is -2.57. The van der Waals surface area contributed by atoms with E-state index in [1.807, 2.05) is 55.5 Å². The first-order chi connectivity index (χ1) is 10.2. The van der Waals surface area contributed by atoms with Gasteiger partial charge in [-0.05, 0) is 30.2 Å². The Morgan fingerprint density at radius 2 is 1.95 bits per heavy atom. The zero-order valence-corrected chi connectivity index (χ0v) is 11.9. The molecule has 1 amide bonds. The number of benzene rings is 2. The zero-order chi connectivity index (χ0) is 15.1. The van der Waals surface area contributed by atoms with Crippen molar-refractivity contribution in [2.45, 2.75) is 13.3 Å². The number of nitrogens with one attached hydrogen (secondary N) is 1. The standard InChI is InChI=1S/C18H17NO2/c1-14-9-10-17(13-16(14)8-5-11-20)19-18(21)12-15-6-3-2-4-7-15/h2-4,6-7,9-10,13,20H,11-12H2,1H3,(H,19,21). The topological polar surface area (TPSA) is 49.3 Å². The summed E-state index contributed by atoms with van der Waals surface area (Å²) in [4.78, 5) is 12.0. The first kappa shape index (κ1) is 14.8. The quantitative estimate of drug-likeness (QED) is 0.848. The van der Waals surface area contributed by atoms with Gasteiger partial charge in [0.25, 0.3) is 0 Å². The third-order valence-corrected chi connectivity index (χ3v) is 3.03. The minimum absolute atomic E-state index is 0.0638. The second-order valence-corrected chi connectivity index (χ2v) is 4.70. The highest BCUT2D eigenvalue weighted by molar-refractivity contribution is 5.92. The van der Waals surface area contributed by atoms with Crippen molar-refractivity contribution in [1.82, 2.24) is 0 Å². The van der Waals surface area contributed by atoms with Gasteiger partial charge in [-0.15, -0.1) is 0 Å². The van der Waals surface area contributed by atoms with Gasteiger partial charge in [-0.2, -0.15) is 0 Å². The molecule has 0 aromatic heterocycles. The van der Waals surface area contributed by atoms with E-state index >= 15 is 0 Å². The van der Waals surface area contributed by atoms with Crippen molar-refractivity contribution in [1.29, 1.82) is 0 Å². The van der Waals surface area contributed by atoms with Gasteiger partial charge in [0.15, 0.2) is 0 Å². The maximum absolute atomic E-state index is 12.0. The molecular weight excluding hydrogens is 262 g/mol. The number of anilines is 1. The molecule has 0 spiro atoms. The number of aliphatic hydroxyl groups is 1. The number of aryl methyl sites for hydroxylation is 1. The average molecular weight is 279 g/mol. The molecule has 21 heavy (non-hydrogen) atoms. The highest BCUT2D eigenvalue weighted by Crippen LogP contribution is 2.15. The van der Waals surface area contributed by atoms with E-state index in [2.05, 4.69) is 17.2 Å². The van der Waals surface area contributed by atoms with Crippen LogP contribution in [0.1, 0.15) is 16.7 Å². The zero-order valence-electron chi connectivity index (χ0n) is 11.9. The maximum atomic E-state index is 12.0. The molecule has 0 atom stereocenters. The highest BCUT2D eigenvalue weighted by Gasteiger charge is 2.05. The summed E-state index contributed by atoms with van der Waals surface area (Å²) in [6.45, 7) is 1.76. The van der Waals surface area contributed by atoms with Crippen LogP contribution in [0.5, 0.6) is 0 Å². The van der Waals surface area contributed by atoms with E-state index in [1.165, 1.54) is 0 Å². The predicted molar refractivity (Wildman–Crippen MR) is 83.9 cm³/mol. The number of carbonyl (C=O) groups is 1. The van der Waals surface area contributed by atoms with Gasteiger partial charge in [-0.3, -0.25) is 4.79 Å². The van der Waals surface area contributed by atoms with Crippen LogP contribution in [0.2, 0.25) is 0 Å². The van der Waals surface area contributed by atoms with Crippen molar-refractivity contribution >= 4 is 11.6 Å². The molecule has 3 nitrogen and oxygen atoms in total. The van der Waals surface area contributed by atoms with E-state index in [0.29, 0.717) is 12.1 Å². The van der Waals surface area contributed by atoms with E-state index in [9.17, 15) is 4.79 Å². The maximum Gasteiger partial charge on any atom is 0.228 e. The lowest BCUT2D eigenvalue weighted by molar-refractivity contribution is -0.115. The van der Waals surface area contributed by atoms with Gasteiger partial charge in [0, 0.05) is 11.3 Å². The van der Waals surface area contributed by atoms with Crippen LogP contribution in [0, 0.1) is 18.8 Å². The lowest BCUT2D eigenvalue weighted by Crippen LogP contribution is -2.14. The lowest BCUT2D eigenvalue weighted by atomic mass is 10.1. The monoisotopic (exact) mass is 279 g/mol. The fraction of sp³-hybridized carbons (Fsp3) is 0.167. The molecule has 2 aromatic carbocycles. The fourth-order valence-electron chi connectivity index (χ4n) is 1.96. The smallest absolute Gasteiger partial charge is 0.228 e. The second kappa shape index (κ2) is 7.28. The molecule has 0 fully saturated rings. The van der Waals surface area contributed by atoms with Crippen LogP contribution >= 0.6 is 0 Å². The van der Waals surface area contributed by atoms with Crippen LogP contribution in [0.25, 0.3) is 0 Å². The molecule has 0 aliphatic rings. The molecule has 0 saturated carbocycles. The van der Waals surface area contributed by atoms with Gasteiger partial charge in [-0.25, -0.2) is 0 Å². The number of rotatable bonds is 3. The molecule has 106 valence electrons. The largest absolute Gasteiger partial charge is 0.384 e. The van der Waals surface area contributed by atoms with E-state index in [-0.39, 0.29) is 12.5 Å². The molecule has 3 heteroatoms. The summed E-state index contributed by atoms with van der Waals surface area (Å²) in [5.74, 6) is 5.43. The van der Waals surface area contributed by atoms with E-state index < -0.39 is 0 Å². The highest BCUT2D eigenvalue weighted by atomic mass is 16.2. The Labute approximate surface area is 124 Å². The summed E-state index contributed by atoms with van der Waals surface area (Å²) in [6.07, 6.45) is 0.340. The lowest BCUT2D eigenvalue weighted by Gasteiger charge is -2.07. The van der Waals surface area contributed by atoms with Gasteiger partial charge in [0.2, 0.25) is 5.91 Å². The Balaban J connectivity index is 2.07. The molecule has 0 heterocycles. The minimum atomic E-state index is -0.177. The van der Waals surface area contributed by atoms with E-state index in [1.54, 1.807) is 0 Å². The van der Waals surface area contributed by atoms with Crippen LogP contribution in [0.15, 0.2) is 48.5 Å². The summed E-state index contributed by atoms with van der Waals surface area (Å²) < 4.78 is 0. The fourth-order valence-corrected chi connectivity index (χ4v) is 1.96. The van der Waals surface area contributed by atoms with Crippen molar-refractivity contribution < 1.29 is 9.90 Å². The van der Waals surface area contributed by atoms with Crippen molar-refractivity contribution in [3.8, 4) is 11.8 Å². The van der Waals surface area contributed by atoms with Gasteiger partial charge in [0.1, 0.15) is 6.61 Å². The Kier molecular flexibility index (Phi) is 5.14. The number of aliphatic hydroxyl groups excluding tert-OH is 1. The van der Waals surface area contributed by atoms with E-state index in [0.717, 1.165) is 16.7 Å². The summed E-state index contributed by atoms with van der Waals surface area (Å²) >= 11 is 0. The van der Waals surface area contributed by atoms with Crippen LogP contribution in [0.3, 0.4) is 0 Å². The van der Waals surface area contributed by atoms with Gasteiger partial charge >= 0.3 is 0 Å². The molecule has 0 radical (unpaired) electrons. The van der Waals surface area contributed by atoms with Crippen molar-refractivity contribution in [2.75, 3.05) is 11.9 Å². The van der Waals surface area contributed by atoms with Gasteiger partial charge < -0.3 is 10.4 Å². The van der Waals surface area contributed by atoms with Crippen LogP contribution in [-0.2, 0) is 11.2 Å². The normalized spacial score (nSPS) is 9.62. The molecule has 0 unspecified atom stereocenters. The SMILES string of the molecule is Cc1ccc(NC(=O)Cc2ccccc2)cc1C#CCO.